The highest BCUT2D eigenvalue weighted by atomic mass is 16.6. The number of amides is 1. The van der Waals surface area contributed by atoms with Gasteiger partial charge in [0.1, 0.15) is 11.6 Å². The van der Waals surface area contributed by atoms with E-state index in [-0.39, 0.29) is 6.42 Å². The fourth-order valence-corrected chi connectivity index (χ4v) is 1.49. The van der Waals surface area contributed by atoms with E-state index in [1.807, 2.05) is 6.08 Å². The standard InChI is InChI=1S/C16H26N2O4/c1-5-8-12(11-13(17)14(19)20)9-6-7-10-18-15(21)22-16(2,3)4/h5-6,8-9,13H,1,7,10-11,17H2,2-4H3,(H,18,21)(H,19,20)/b9-6-,12-8+. The lowest BCUT2D eigenvalue weighted by atomic mass is 10.1. The second-order valence-electron chi connectivity index (χ2n) is 5.75. The smallest absolute Gasteiger partial charge is 0.407 e. The topological polar surface area (TPSA) is 102 Å². The molecule has 1 amide bonds. The van der Waals surface area contributed by atoms with Crippen LogP contribution in [0.25, 0.3) is 0 Å². The predicted octanol–water partition coefficient (Wildman–Crippen LogP) is 2.37. The third-order valence-electron chi connectivity index (χ3n) is 2.42. The minimum atomic E-state index is -1.05. The van der Waals surface area contributed by atoms with Crippen molar-refractivity contribution in [3.63, 3.8) is 0 Å². The Balaban J connectivity index is 4.22. The predicted molar refractivity (Wildman–Crippen MR) is 86.5 cm³/mol. The first-order chi connectivity index (χ1) is 10.2. The number of allylic oxidation sites excluding steroid dienone is 3. The Labute approximate surface area is 131 Å². The summed E-state index contributed by atoms with van der Waals surface area (Å²) in [7, 11) is 0. The lowest BCUT2D eigenvalue weighted by Gasteiger charge is -2.19. The van der Waals surface area contributed by atoms with Gasteiger partial charge in [0.05, 0.1) is 0 Å². The van der Waals surface area contributed by atoms with Crippen molar-refractivity contribution in [3.8, 4) is 0 Å². The number of carboxylic acid groups (broad SMARTS) is 1. The molecule has 0 aromatic rings. The van der Waals surface area contributed by atoms with Crippen molar-refractivity contribution in [3.05, 3.63) is 36.5 Å². The lowest BCUT2D eigenvalue weighted by molar-refractivity contribution is -0.138. The maximum atomic E-state index is 11.4. The van der Waals surface area contributed by atoms with E-state index >= 15 is 0 Å². The molecule has 22 heavy (non-hydrogen) atoms. The normalized spacial score (nSPS) is 13.7. The number of alkyl carbamates (subject to hydrolysis) is 1. The molecule has 124 valence electrons. The van der Waals surface area contributed by atoms with Crippen molar-refractivity contribution < 1.29 is 19.4 Å². The van der Waals surface area contributed by atoms with Crippen LogP contribution in [-0.4, -0.2) is 35.4 Å². The molecule has 0 aromatic heterocycles. The van der Waals surface area contributed by atoms with Crippen LogP contribution in [0.4, 0.5) is 4.79 Å². The lowest BCUT2D eigenvalue weighted by Crippen LogP contribution is -2.32. The molecule has 1 atom stereocenters. The van der Waals surface area contributed by atoms with Crippen LogP contribution in [0.1, 0.15) is 33.6 Å². The molecule has 6 nitrogen and oxygen atoms in total. The molecule has 0 aliphatic carbocycles. The van der Waals surface area contributed by atoms with Crippen LogP contribution in [0.15, 0.2) is 36.5 Å². The number of carboxylic acids is 1. The summed E-state index contributed by atoms with van der Waals surface area (Å²) in [6, 6.07) is -0.948. The Morgan fingerprint density at radius 1 is 1.41 bits per heavy atom. The number of hydrogen-bond donors (Lipinski definition) is 3. The van der Waals surface area contributed by atoms with Gasteiger partial charge < -0.3 is 20.9 Å². The van der Waals surface area contributed by atoms with Crippen LogP contribution >= 0.6 is 0 Å². The summed E-state index contributed by atoms with van der Waals surface area (Å²) in [5, 5.41) is 11.4. The van der Waals surface area contributed by atoms with Crippen LogP contribution in [-0.2, 0) is 9.53 Å². The zero-order valence-electron chi connectivity index (χ0n) is 13.5. The number of nitrogens with one attached hydrogen (secondary N) is 1. The van der Waals surface area contributed by atoms with Gasteiger partial charge in [-0.15, -0.1) is 0 Å². The van der Waals surface area contributed by atoms with Crippen molar-refractivity contribution in [2.75, 3.05) is 6.54 Å². The summed E-state index contributed by atoms with van der Waals surface area (Å²) in [5.74, 6) is -1.05. The Kier molecular flexibility index (Phi) is 8.86. The van der Waals surface area contributed by atoms with E-state index in [4.69, 9.17) is 15.6 Å². The molecule has 0 spiro atoms. The zero-order valence-corrected chi connectivity index (χ0v) is 13.5. The molecule has 6 heteroatoms. The van der Waals surface area contributed by atoms with Gasteiger partial charge >= 0.3 is 12.1 Å². The first-order valence-electron chi connectivity index (χ1n) is 7.09. The molecule has 0 saturated heterocycles. The molecular formula is C16H26N2O4. The van der Waals surface area contributed by atoms with Gasteiger partial charge in [-0.1, -0.05) is 30.9 Å². The van der Waals surface area contributed by atoms with Crippen LogP contribution in [0.2, 0.25) is 0 Å². The highest BCUT2D eigenvalue weighted by molar-refractivity contribution is 5.73. The van der Waals surface area contributed by atoms with Gasteiger partial charge in [0, 0.05) is 6.54 Å². The molecule has 0 aromatic carbocycles. The first-order valence-corrected chi connectivity index (χ1v) is 7.09. The molecule has 0 radical (unpaired) electrons. The van der Waals surface area contributed by atoms with Gasteiger partial charge in [0.25, 0.3) is 0 Å². The number of carbonyl (C=O) groups is 2. The van der Waals surface area contributed by atoms with Crippen molar-refractivity contribution in [1.82, 2.24) is 5.32 Å². The fourth-order valence-electron chi connectivity index (χ4n) is 1.49. The van der Waals surface area contributed by atoms with E-state index in [2.05, 4.69) is 11.9 Å². The van der Waals surface area contributed by atoms with Gasteiger partial charge in [-0.2, -0.15) is 0 Å². The molecule has 0 aliphatic heterocycles. The zero-order chi connectivity index (χ0) is 17.2. The van der Waals surface area contributed by atoms with Crippen molar-refractivity contribution in [1.29, 1.82) is 0 Å². The first kappa shape index (κ1) is 19.9. The molecule has 0 bridgehead atoms. The van der Waals surface area contributed by atoms with Crippen molar-refractivity contribution >= 4 is 12.1 Å². The second-order valence-corrected chi connectivity index (χ2v) is 5.75. The third-order valence-corrected chi connectivity index (χ3v) is 2.42. The summed E-state index contributed by atoms with van der Waals surface area (Å²) >= 11 is 0. The summed E-state index contributed by atoms with van der Waals surface area (Å²) in [5.41, 5.74) is 5.74. The molecule has 0 aliphatic rings. The molecule has 1 unspecified atom stereocenters. The molecule has 0 fully saturated rings. The van der Waals surface area contributed by atoms with E-state index < -0.39 is 23.7 Å². The number of carbonyl (C=O) groups excluding carboxylic acids is 1. The number of hydrogen-bond acceptors (Lipinski definition) is 4. The summed E-state index contributed by atoms with van der Waals surface area (Å²) in [4.78, 5) is 22.2. The van der Waals surface area contributed by atoms with E-state index in [1.54, 1.807) is 39.0 Å². The highest BCUT2D eigenvalue weighted by Crippen LogP contribution is 2.08. The van der Waals surface area contributed by atoms with Crippen LogP contribution in [0.3, 0.4) is 0 Å². The molecule has 0 heterocycles. The minimum absolute atomic E-state index is 0.220. The summed E-state index contributed by atoms with van der Waals surface area (Å²) in [6.07, 6.45) is 7.25. The molecule has 4 N–H and O–H groups in total. The molecule has 0 saturated carbocycles. The average Bonchev–Trinajstić information content (AvgIpc) is 2.36. The Morgan fingerprint density at radius 2 is 2.05 bits per heavy atom. The molecule has 0 rings (SSSR count). The van der Waals surface area contributed by atoms with Gasteiger partial charge in [0.15, 0.2) is 0 Å². The second kappa shape index (κ2) is 9.78. The fraction of sp³-hybridized carbons (Fsp3) is 0.500. The van der Waals surface area contributed by atoms with Gasteiger partial charge in [0.2, 0.25) is 0 Å². The van der Waals surface area contributed by atoms with E-state index in [0.29, 0.717) is 13.0 Å². The van der Waals surface area contributed by atoms with Crippen LogP contribution in [0, 0.1) is 0 Å². The number of rotatable bonds is 8. The van der Waals surface area contributed by atoms with Crippen LogP contribution in [0.5, 0.6) is 0 Å². The van der Waals surface area contributed by atoms with Gasteiger partial charge in [-0.3, -0.25) is 4.79 Å². The van der Waals surface area contributed by atoms with E-state index in [0.717, 1.165) is 5.57 Å². The quantitative estimate of drug-likeness (QED) is 0.472. The number of nitrogens with two attached hydrogens (primary N) is 1. The highest BCUT2D eigenvalue weighted by Gasteiger charge is 2.15. The Bertz CT molecular complexity index is 448. The maximum absolute atomic E-state index is 11.4. The minimum Gasteiger partial charge on any atom is -0.480 e. The Morgan fingerprint density at radius 3 is 2.55 bits per heavy atom. The SMILES string of the molecule is C=C/C=C(\C=C/CCNC(=O)OC(C)(C)C)CC(N)C(=O)O. The van der Waals surface area contributed by atoms with Crippen molar-refractivity contribution in [2.24, 2.45) is 5.73 Å². The maximum Gasteiger partial charge on any atom is 0.407 e. The number of aliphatic carboxylic acids is 1. The molecular weight excluding hydrogens is 284 g/mol. The van der Waals surface area contributed by atoms with Gasteiger partial charge in [-0.05, 0) is 39.2 Å². The monoisotopic (exact) mass is 310 g/mol. The largest absolute Gasteiger partial charge is 0.480 e. The third kappa shape index (κ3) is 10.7. The van der Waals surface area contributed by atoms with Gasteiger partial charge in [-0.25, -0.2) is 4.79 Å². The summed E-state index contributed by atoms with van der Waals surface area (Å²) < 4.78 is 5.10. The summed E-state index contributed by atoms with van der Waals surface area (Å²) in [6.45, 7) is 9.40. The average molecular weight is 310 g/mol. The van der Waals surface area contributed by atoms with Crippen molar-refractivity contribution in [2.45, 2.75) is 45.3 Å². The van der Waals surface area contributed by atoms with E-state index in [9.17, 15) is 9.59 Å². The van der Waals surface area contributed by atoms with E-state index in [1.165, 1.54) is 0 Å². The Hall–Kier alpha value is -2.08. The number of ether oxygens (including phenoxy) is 1. The van der Waals surface area contributed by atoms with Crippen LogP contribution < -0.4 is 11.1 Å².